The standard InChI is InChI=1S/C10H14ClN3O.ClH/c11-9-5-10(14-7-13-9)15-6-8-3-1-2-4-12-8;/h5,7-8,12H,1-4,6H2;1H. The maximum absolute atomic E-state index is 5.72. The Morgan fingerprint density at radius 2 is 2.31 bits per heavy atom. The molecule has 1 aliphatic heterocycles. The minimum absolute atomic E-state index is 0. The molecule has 4 nitrogen and oxygen atoms in total. The number of hydrogen-bond donors (Lipinski definition) is 1. The summed E-state index contributed by atoms with van der Waals surface area (Å²) >= 11 is 5.72. The monoisotopic (exact) mass is 263 g/mol. The van der Waals surface area contributed by atoms with Gasteiger partial charge in [-0.05, 0) is 19.4 Å². The molecule has 1 aliphatic rings. The number of aromatic nitrogens is 2. The number of rotatable bonds is 3. The molecule has 0 spiro atoms. The van der Waals surface area contributed by atoms with E-state index in [1.165, 1.54) is 25.6 Å². The van der Waals surface area contributed by atoms with E-state index in [9.17, 15) is 0 Å². The summed E-state index contributed by atoms with van der Waals surface area (Å²) in [5.74, 6) is 0.544. The first kappa shape index (κ1) is 13.5. The highest BCUT2D eigenvalue weighted by atomic mass is 35.5. The lowest BCUT2D eigenvalue weighted by Gasteiger charge is -2.23. The SMILES string of the molecule is Cl.Clc1cc(OCC2CCCCN2)ncn1. The van der Waals surface area contributed by atoms with Crippen molar-refractivity contribution in [3.05, 3.63) is 17.5 Å². The van der Waals surface area contributed by atoms with E-state index < -0.39 is 0 Å². The maximum atomic E-state index is 5.72. The normalized spacial score (nSPS) is 19.9. The van der Waals surface area contributed by atoms with Gasteiger partial charge in [-0.1, -0.05) is 18.0 Å². The Morgan fingerprint density at radius 3 is 3.00 bits per heavy atom. The van der Waals surface area contributed by atoms with Crippen molar-refractivity contribution in [3.63, 3.8) is 0 Å². The van der Waals surface area contributed by atoms with Crippen molar-refractivity contribution in [1.29, 1.82) is 0 Å². The van der Waals surface area contributed by atoms with Crippen LogP contribution in [-0.2, 0) is 0 Å². The third-order valence-electron chi connectivity index (χ3n) is 2.45. The van der Waals surface area contributed by atoms with Crippen LogP contribution in [0.5, 0.6) is 5.88 Å². The summed E-state index contributed by atoms with van der Waals surface area (Å²) < 4.78 is 5.53. The van der Waals surface area contributed by atoms with E-state index in [2.05, 4.69) is 15.3 Å². The Morgan fingerprint density at radius 1 is 1.44 bits per heavy atom. The summed E-state index contributed by atoms with van der Waals surface area (Å²) in [6, 6.07) is 2.07. The molecule has 1 atom stereocenters. The first-order valence-electron chi connectivity index (χ1n) is 5.18. The number of piperidine rings is 1. The van der Waals surface area contributed by atoms with Gasteiger partial charge in [0.2, 0.25) is 5.88 Å². The average Bonchev–Trinajstić information content (AvgIpc) is 2.28. The number of ether oxygens (including phenoxy) is 1. The Kier molecular flexibility index (Phi) is 5.80. The van der Waals surface area contributed by atoms with Crippen molar-refractivity contribution < 1.29 is 4.74 Å². The lowest BCUT2D eigenvalue weighted by Crippen LogP contribution is -2.38. The van der Waals surface area contributed by atoms with E-state index in [-0.39, 0.29) is 12.4 Å². The van der Waals surface area contributed by atoms with Gasteiger partial charge in [-0.2, -0.15) is 0 Å². The fourth-order valence-corrected chi connectivity index (χ4v) is 1.79. The molecule has 2 rings (SSSR count). The zero-order valence-electron chi connectivity index (χ0n) is 8.86. The minimum Gasteiger partial charge on any atom is -0.476 e. The Bertz CT molecular complexity index is 319. The van der Waals surface area contributed by atoms with Crippen molar-refractivity contribution in [2.24, 2.45) is 0 Å². The van der Waals surface area contributed by atoms with Crippen molar-refractivity contribution in [2.75, 3.05) is 13.2 Å². The molecule has 1 unspecified atom stereocenters. The first-order chi connectivity index (χ1) is 7.34. The third kappa shape index (κ3) is 4.12. The highest BCUT2D eigenvalue weighted by Gasteiger charge is 2.13. The molecule has 0 radical (unpaired) electrons. The van der Waals surface area contributed by atoms with Gasteiger partial charge in [0.25, 0.3) is 0 Å². The van der Waals surface area contributed by atoms with Gasteiger partial charge in [-0.3, -0.25) is 0 Å². The number of nitrogens with one attached hydrogen (secondary N) is 1. The molecule has 0 bridgehead atoms. The topological polar surface area (TPSA) is 47.0 Å². The van der Waals surface area contributed by atoms with Gasteiger partial charge < -0.3 is 10.1 Å². The highest BCUT2D eigenvalue weighted by molar-refractivity contribution is 6.29. The predicted octanol–water partition coefficient (Wildman–Crippen LogP) is 2.07. The van der Waals surface area contributed by atoms with Crippen molar-refractivity contribution in [2.45, 2.75) is 25.3 Å². The van der Waals surface area contributed by atoms with Crippen LogP contribution in [0.25, 0.3) is 0 Å². The molecular weight excluding hydrogens is 249 g/mol. The van der Waals surface area contributed by atoms with E-state index in [4.69, 9.17) is 16.3 Å². The molecule has 0 aromatic carbocycles. The van der Waals surface area contributed by atoms with Crippen LogP contribution in [0.3, 0.4) is 0 Å². The molecule has 1 fully saturated rings. The summed E-state index contributed by atoms with van der Waals surface area (Å²) in [5.41, 5.74) is 0. The second-order valence-corrected chi connectivity index (χ2v) is 4.02. The molecule has 1 aromatic rings. The van der Waals surface area contributed by atoms with Crippen molar-refractivity contribution in [3.8, 4) is 5.88 Å². The van der Waals surface area contributed by atoms with Crippen LogP contribution in [-0.4, -0.2) is 29.2 Å². The Hall–Kier alpha value is -0.580. The van der Waals surface area contributed by atoms with E-state index in [0.29, 0.717) is 23.7 Å². The molecule has 90 valence electrons. The van der Waals surface area contributed by atoms with Gasteiger partial charge in [0.05, 0.1) is 0 Å². The largest absolute Gasteiger partial charge is 0.476 e. The molecule has 2 heterocycles. The van der Waals surface area contributed by atoms with Crippen LogP contribution in [0.15, 0.2) is 12.4 Å². The molecule has 1 aromatic heterocycles. The summed E-state index contributed by atoms with van der Waals surface area (Å²) in [4.78, 5) is 7.77. The maximum Gasteiger partial charge on any atom is 0.217 e. The number of halogens is 2. The van der Waals surface area contributed by atoms with Gasteiger partial charge in [0.1, 0.15) is 18.1 Å². The van der Waals surface area contributed by atoms with Gasteiger partial charge in [0.15, 0.2) is 0 Å². The number of nitrogens with zero attached hydrogens (tertiary/aromatic N) is 2. The Balaban J connectivity index is 0.00000128. The second-order valence-electron chi connectivity index (χ2n) is 3.64. The lowest BCUT2D eigenvalue weighted by atomic mass is 10.1. The van der Waals surface area contributed by atoms with Crippen LogP contribution >= 0.6 is 24.0 Å². The van der Waals surface area contributed by atoms with Crippen LogP contribution < -0.4 is 10.1 Å². The van der Waals surface area contributed by atoms with Crippen LogP contribution in [0.2, 0.25) is 5.15 Å². The molecule has 0 aliphatic carbocycles. The van der Waals surface area contributed by atoms with E-state index in [1.54, 1.807) is 6.07 Å². The van der Waals surface area contributed by atoms with Crippen LogP contribution in [0, 0.1) is 0 Å². The molecule has 0 amide bonds. The smallest absolute Gasteiger partial charge is 0.217 e. The van der Waals surface area contributed by atoms with Crippen LogP contribution in [0.1, 0.15) is 19.3 Å². The van der Waals surface area contributed by atoms with Gasteiger partial charge in [-0.15, -0.1) is 12.4 Å². The summed E-state index contributed by atoms with van der Waals surface area (Å²) in [5, 5.41) is 3.82. The van der Waals surface area contributed by atoms with Crippen molar-refractivity contribution >= 4 is 24.0 Å². The molecule has 1 saturated heterocycles. The van der Waals surface area contributed by atoms with Gasteiger partial charge >= 0.3 is 0 Å². The zero-order valence-corrected chi connectivity index (χ0v) is 10.4. The molecule has 16 heavy (non-hydrogen) atoms. The van der Waals surface area contributed by atoms with Gasteiger partial charge in [-0.25, -0.2) is 9.97 Å². The summed E-state index contributed by atoms with van der Waals surface area (Å²) in [6.07, 6.45) is 5.10. The summed E-state index contributed by atoms with van der Waals surface area (Å²) in [7, 11) is 0. The second kappa shape index (κ2) is 6.89. The van der Waals surface area contributed by atoms with E-state index in [1.807, 2.05) is 0 Å². The zero-order chi connectivity index (χ0) is 10.5. The Labute approximate surface area is 106 Å². The molecule has 1 N–H and O–H groups in total. The van der Waals surface area contributed by atoms with E-state index >= 15 is 0 Å². The third-order valence-corrected chi connectivity index (χ3v) is 2.66. The lowest BCUT2D eigenvalue weighted by molar-refractivity contribution is 0.232. The predicted molar refractivity (Wildman–Crippen MR) is 65.4 cm³/mol. The molecular formula is C10H15Cl2N3O. The fraction of sp³-hybridized carbons (Fsp3) is 0.600. The number of hydrogen-bond acceptors (Lipinski definition) is 4. The minimum atomic E-state index is 0. The average molecular weight is 264 g/mol. The van der Waals surface area contributed by atoms with Crippen molar-refractivity contribution in [1.82, 2.24) is 15.3 Å². The molecule has 0 saturated carbocycles. The first-order valence-corrected chi connectivity index (χ1v) is 5.56. The highest BCUT2D eigenvalue weighted by Crippen LogP contribution is 2.13. The van der Waals surface area contributed by atoms with E-state index in [0.717, 1.165) is 6.54 Å². The van der Waals surface area contributed by atoms with Gasteiger partial charge in [0, 0.05) is 12.1 Å². The summed E-state index contributed by atoms with van der Waals surface area (Å²) in [6.45, 7) is 1.73. The van der Waals surface area contributed by atoms with Crippen LogP contribution in [0.4, 0.5) is 0 Å². The molecule has 6 heteroatoms. The fourth-order valence-electron chi connectivity index (χ4n) is 1.65. The quantitative estimate of drug-likeness (QED) is 0.849.